The van der Waals surface area contributed by atoms with E-state index in [1.54, 1.807) is 18.6 Å². The molecular formula is C24H25N3O3. The smallest absolute Gasteiger partial charge is 0.237 e. The Labute approximate surface area is 175 Å². The van der Waals surface area contributed by atoms with Crippen LogP contribution in [0.1, 0.15) is 17.5 Å². The lowest BCUT2D eigenvalue weighted by Gasteiger charge is -2.34. The molecule has 2 heterocycles. The number of nitrogens with zero attached hydrogens (tertiary/aromatic N) is 1. The minimum Gasteiger partial charge on any atom is -0.472 e. The van der Waals surface area contributed by atoms with Gasteiger partial charge in [0.1, 0.15) is 0 Å². The third-order valence-electron chi connectivity index (χ3n) is 5.34. The minimum absolute atomic E-state index is 0.0967. The van der Waals surface area contributed by atoms with Gasteiger partial charge in [0.15, 0.2) is 0 Å². The lowest BCUT2D eigenvalue weighted by molar-refractivity contribution is -0.134. The van der Waals surface area contributed by atoms with Crippen LogP contribution in [0.3, 0.4) is 0 Å². The first-order chi connectivity index (χ1) is 14.7. The molecule has 6 heteroatoms. The summed E-state index contributed by atoms with van der Waals surface area (Å²) in [6.07, 6.45) is 3.30. The van der Waals surface area contributed by atoms with Gasteiger partial charge in [0.2, 0.25) is 11.8 Å². The standard InChI is InChI=1S/C24H25N3O3/c28-23(26-15-19-10-13-30-17-19)14-22-24(29)25-11-12-27(22)16-18-6-8-21(9-7-18)20-4-2-1-3-5-20/h1-10,13,17,22H,11-12,14-16H2,(H,25,29)(H,26,28)/t22-/m0/s1. The van der Waals surface area contributed by atoms with E-state index in [0.717, 1.165) is 16.7 Å². The summed E-state index contributed by atoms with van der Waals surface area (Å²) < 4.78 is 5.01. The summed E-state index contributed by atoms with van der Waals surface area (Å²) in [6, 6.07) is 19.9. The summed E-state index contributed by atoms with van der Waals surface area (Å²) in [6.45, 7) is 2.33. The molecule has 1 atom stereocenters. The van der Waals surface area contributed by atoms with Gasteiger partial charge in [0.25, 0.3) is 0 Å². The van der Waals surface area contributed by atoms with Gasteiger partial charge in [-0.1, -0.05) is 54.6 Å². The van der Waals surface area contributed by atoms with Crippen molar-refractivity contribution in [2.24, 2.45) is 0 Å². The maximum Gasteiger partial charge on any atom is 0.237 e. The van der Waals surface area contributed by atoms with Crippen molar-refractivity contribution < 1.29 is 14.0 Å². The number of carbonyl (C=O) groups excluding carboxylic acids is 2. The number of nitrogens with one attached hydrogen (secondary N) is 2. The summed E-state index contributed by atoms with van der Waals surface area (Å²) >= 11 is 0. The summed E-state index contributed by atoms with van der Waals surface area (Å²) in [7, 11) is 0. The Morgan fingerprint density at radius 3 is 2.53 bits per heavy atom. The quantitative estimate of drug-likeness (QED) is 0.636. The fraction of sp³-hybridized carbons (Fsp3) is 0.250. The van der Waals surface area contributed by atoms with E-state index in [0.29, 0.717) is 26.2 Å². The van der Waals surface area contributed by atoms with Gasteiger partial charge in [-0.05, 0) is 22.8 Å². The third-order valence-corrected chi connectivity index (χ3v) is 5.34. The number of rotatable bonds is 7. The Morgan fingerprint density at radius 1 is 1.03 bits per heavy atom. The van der Waals surface area contributed by atoms with Crippen LogP contribution in [0.4, 0.5) is 0 Å². The van der Waals surface area contributed by atoms with Crippen LogP contribution in [0.15, 0.2) is 77.6 Å². The highest BCUT2D eigenvalue weighted by atomic mass is 16.3. The molecule has 3 aromatic rings. The van der Waals surface area contributed by atoms with Crippen LogP contribution in [-0.4, -0.2) is 35.8 Å². The second-order valence-electron chi connectivity index (χ2n) is 7.45. The molecule has 1 fully saturated rings. The molecular weight excluding hydrogens is 378 g/mol. The van der Waals surface area contributed by atoms with Crippen LogP contribution in [0, 0.1) is 0 Å². The van der Waals surface area contributed by atoms with Crippen LogP contribution >= 0.6 is 0 Å². The van der Waals surface area contributed by atoms with E-state index in [2.05, 4.69) is 51.9 Å². The molecule has 0 unspecified atom stereocenters. The molecule has 0 spiro atoms. The molecule has 2 aromatic carbocycles. The number of carbonyl (C=O) groups is 2. The lowest BCUT2D eigenvalue weighted by Crippen LogP contribution is -2.56. The average molecular weight is 403 g/mol. The maximum absolute atomic E-state index is 12.5. The molecule has 0 bridgehead atoms. The highest BCUT2D eigenvalue weighted by Gasteiger charge is 2.31. The Morgan fingerprint density at radius 2 is 1.80 bits per heavy atom. The number of hydrogen-bond acceptors (Lipinski definition) is 4. The Bertz CT molecular complexity index is 969. The third kappa shape index (κ3) is 4.96. The van der Waals surface area contributed by atoms with Gasteiger partial charge < -0.3 is 15.1 Å². The molecule has 2 N–H and O–H groups in total. The minimum atomic E-state index is -0.475. The number of furan rings is 1. The zero-order valence-electron chi connectivity index (χ0n) is 16.7. The summed E-state index contributed by atoms with van der Waals surface area (Å²) in [5, 5.41) is 5.74. The highest BCUT2D eigenvalue weighted by Crippen LogP contribution is 2.21. The van der Waals surface area contributed by atoms with Crippen LogP contribution in [0.2, 0.25) is 0 Å². The molecule has 1 saturated heterocycles. The first-order valence-corrected chi connectivity index (χ1v) is 10.1. The summed E-state index contributed by atoms with van der Waals surface area (Å²) in [5.74, 6) is -0.247. The monoisotopic (exact) mass is 403 g/mol. The van der Waals surface area contributed by atoms with Gasteiger partial charge in [0, 0.05) is 31.7 Å². The van der Waals surface area contributed by atoms with Crippen LogP contribution in [0.5, 0.6) is 0 Å². The first-order valence-electron chi connectivity index (χ1n) is 10.1. The number of hydrogen-bond donors (Lipinski definition) is 2. The van der Waals surface area contributed by atoms with Gasteiger partial charge in [-0.25, -0.2) is 0 Å². The van der Waals surface area contributed by atoms with Crippen LogP contribution in [0.25, 0.3) is 11.1 Å². The van der Waals surface area contributed by atoms with Crippen molar-refractivity contribution in [3.8, 4) is 11.1 Å². The maximum atomic E-state index is 12.5. The predicted molar refractivity (Wildman–Crippen MR) is 114 cm³/mol. The second-order valence-corrected chi connectivity index (χ2v) is 7.45. The largest absolute Gasteiger partial charge is 0.472 e. The number of benzene rings is 2. The molecule has 6 nitrogen and oxygen atoms in total. The van der Waals surface area contributed by atoms with Crippen molar-refractivity contribution in [1.82, 2.24) is 15.5 Å². The average Bonchev–Trinajstić information content (AvgIpc) is 3.30. The van der Waals surface area contributed by atoms with Crippen molar-refractivity contribution >= 4 is 11.8 Å². The van der Waals surface area contributed by atoms with Crippen molar-refractivity contribution in [3.05, 3.63) is 84.3 Å². The topological polar surface area (TPSA) is 74.6 Å². The zero-order valence-corrected chi connectivity index (χ0v) is 16.7. The van der Waals surface area contributed by atoms with Gasteiger partial charge in [-0.15, -0.1) is 0 Å². The predicted octanol–water partition coefficient (Wildman–Crippen LogP) is 2.95. The van der Waals surface area contributed by atoms with Crippen molar-refractivity contribution in [2.75, 3.05) is 13.1 Å². The number of piperazine rings is 1. The normalized spacial score (nSPS) is 16.8. The van der Waals surface area contributed by atoms with E-state index in [1.807, 2.05) is 18.2 Å². The summed E-state index contributed by atoms with van der Waals surface area (Å²) in [5.41, 5.74) is 4.35. The molecule has 1 aromatic heterocycles. The van der Waals surface area contributed by atoms with E-state index in [4.69, 9.17) is 4.42 Å². The lowest BCUT2D eigenvalue weighted by atomic mass is 10.0. The Hall–Kier alpha value is -3.38. The van der Waals surface area contributed by atoms with Crippen molar-refractivity contribution in [1.29, 1.82) is 0 Å². The summed E-state index contributed by atoms with van der Waals surface area (Å²) in [4.78, 5) is 26.9. The fourth-order valence-corrected chi connectivity index (χ4v) is 3.68. The molecule has 0 saturated carbocycles. The van der Waals surface area contributed by atoms with Crippen molar-refractivity contribution in [3.63, 3.8) is 0 Å². The first kappa shape index (κ1) is 19.9. The molecule has 4 rings (SSSR count). The van der Waals surface area contributed by atoms with Crippen molar-refractivity contribution in [2.45, 2.75) is 25.6 Å². The van der Waals surface area contributed by atoms with Crippen LogP contribution in [-0.2, 0) is 22.7 Å². The molecule has 0 radical (unpaired) electrons. The zero-order chi connectivity index (χ0) is 20.8. The molecule has 1 aliphatic rings. The van der Waals surface area contributed by atoms with Gasteiger partial charge in [0.05, 0.1) is 25.0 Å². The Balaban J connectivity index is 1.38. The molecule has 1 aliphatic heterocycles. The van der Waals surface area contributed by atoms with Gasteiger partial charge in [-0.2, -0.15) is 0 Å². The van der Waals surface area contributed by atoms with E-state index in [9.17, 15) is 9.59 Å². The fourth-order valence-electron chi connectivity index (χ4n) is 3.68. The molecule has 2 amide bonds. The molecule has 0 aliphatic carbocycles. The van der Waals surface area contributed by atoms with E-state index >= 15 is 0 Å². The Kier molecular flexibility index (Phi) is 6.25. The molecule has 154 valence electrons. The van der Waals surface area contributed by atoms with Crippen LogP contribution < -0.4 is 10.6 Å². The van der Waals surface area contributed by atoms with E-state index in [-0.39, 0.29) is 18.2 Å². The SMILES string of the molecule is O=C(C[C@H]1C(=O)NCCN1Cc1ccc(-c2ccccc2)cc1)NCc1ccoc1. The number of amides is 2. The second kappa shape index (κ2) is 9.41. The van der Waals surface area contributed by atoms with E-state index in [1.165, 1.54) is 5.56 Å². The van der Waals surface area contributed by atoms with E-state index < -0.39 is 6.04 Å². The van der Waals surface area contributed by atoms with Gasteiger partial charge >= 0.3 is 0 Å². The highest BCUT2D eigenvalue weighted by molar-refractivity contribution is 5.88. The van der Waals surface area contributed by atoms with Gasteiger partial charge in [-0.3, -0.25) is 14.5 Å². The molecule has 30 heavy (non-hydrogen) atoms.